The Balaban J connectivity index is 0.000000371. The zero-order valence-corrected chi connectivity index (χ0v) is 23.8. The fourth-order valence-electron chi connectivity index (χ4n) is 2.97. The lowest BCUT2D eigenvalue weighted by Gasteiger charge is -2.23. The van der Waals surface area contributed by atoms with Crippen molar-refractivity contribution in [3.63, 3.8) is 0 Å². The van der Waals surface area contributed by atoms with E-state index in [4.69, 9.17) is 19.8 Å². The number of nitriles is 1. The number of nitrogens with one attached hydrogen (secondary N) is 2. The van der Waals surface area contributed by atoms with Crippen LogP contribution in [0.4, 0.5) is 9.59 Å². The number of aliphatic carboxylic acids is 1. The lowest BCUT2D eigenvalue weighted by molar-refractivity contribution is -0.137. The second kappa shape index (κ2) is 15.2. The Hall–Kier alpha value is -3.10. The zero-order valence-electron chi connectivity index (χ0n) is 22.2. The van der Waals surface area contributed by atoms with Crippen LogP contribution in [0.2, 0.25) is 0 Å². The van der Waals surface area contributed by atoms with Crippen molar-refractivity contribution in [3.8, 4) is 6.07 Å². The second-order valence-corrected chi connectivity index (χ2v) is 11.7. The van der Waals surface area contributed by atoms with E-state index >= 15 is 0 Å². The number of rotatable bonds is 9. The van der Waals surface area contributed by atoms with Crippen LogP contribution in [-0.2, 0) is 14.3 Å². The van der Waals surface area contributed by atoms with Gasteiger partial charge in [0.2, 0.25) is 0 Å². The first-order chi connectivity index (χ1) is 17.2. The minimum absolute atomic E-state index is 0.00366. The van der Waals surface area contributed by atoms with Crippen LogP contribution in [0.25, 0.3) is 0 Å². The molecule has 2 rings (SSSR count). The predicted molar refractivity (Wildman–Crippen MR) is 145 cm³/mol. The molecule has 0 spiro atoms. The highest BCUT2D eigenvalue weighted by Crippen LogP contribution is 2.23. The van der Waals surface area contributed by atoms with E-state index in [1.807, 2.05) is 54.4 Å². The molecule has 2 heterocycles. The zero-order chi connectivity index (χ0) is 28.1. The van der Waals surface area contributed by atoms with E-state index in [0.717, 1.165) is 11.1 Å². The molecule has 0 aliphatic rings. The molecule has 2 unspecified atom stereocenters. The smallest absolute Gasteiger partial charge is 0.408 e. The maximum Gasteiger partial charge on any atom is 0.408 e. The fourth-order valence-corrected chi connectivity index (χ4v) is 4.40. The maximum absolute atomic E-state index is 11.7. The summed E-state index contributed by atoms with van der Waals surface area (Å²) in [6.07, 6.45) is 0.343. The van der Waals surface area contributed by atoms with Crippen LogP contribution in [-0.4, -0.2) is 34.5 Å². The van der Waals surface area contributed by atoms with Crippen LogP contribution >= 0.6 is 22.7 Å². The molecule has 0 bridgehead atoms. The van der Waals surface area contributed by atoms with Gasteiger partial charge in [0, 0.05) is 12.8 Å². The Morgan fingerprint density at radius 1 is 0.892 bits per heavy atom. The van der Waals surface area contributed by atoms with E-state index in [9.17, 15) is 14.4 Å². The van der Waals surface area contributed by atoms with Gasteiger partial charge in [-0.25, -0.2) is 9.59 Å². The molecule has 0 aromatic carbocycles. The van der Waals surface area contributed by atoms with Crippen LogP contribution in [0.3, 0.4) is 0 Å². The Labute approximate surface area is 226 Å². The predicted octanol–water partition coefficient (Wildman–Crippen LogP) is 6.80. The van der Waals surface area contributed by atoms with Gasteiger partial charge < -0.3 is 25.2 Å². The Bertz CT molecular complexity index is 1000. The van der Waals surface area contributed by atoms with Gasteiger partial charge in [-0.05, 0) is 99.2 Å². The first-order valence-corrected chi connectivity index (χ1v) is 13.7. The first-order valence-electron chi connectivity index (χ1n) is 11.8. The Kier molecular flexibility index (Phi) is 13.1. The first kappa shape index (κ1) is 31.9. The number of nitrogens with zero attached hydrogens (tertiary/aromatic N) is 1. The molecule has 0 fully saturated rings. The number of thiophene rings is 2. The number of amides is 2. The normalized spacial score (nSPS) is 12.7. The monoisotopic (exact) mass is 551 g/mol. The molecule has 0 radical (unpaired) electrons. The van der Waals surface area contributed by atoms with Gasteiger partial charge in [0.1, 0.15) is 11.2 Å². The van der Waals surface area contributed by atoms with Gasteiger partial charge in [0.05, 0.1) is 18.2 Å². The number of ether oxygens (including phenoxy) is 2. The van der Waals surface area contributed by atoms with E-state index in [2.05, 4.69) is 16.7 Å². The summed E-state index contributed by atoms with van der Waals surface area (Å²) in [6, 6.07) is 5.41. The molecule has 0 aliphatic heterocycles. The third-order valence-corrected chi connectivity index (χ3v) is 5.87. The molecular formula is C26H37N3O6S2. The van der Waals surface area contributed by atoms with Gasteiger partial charge in [0.15, 0.2) is 0 Å². The molecule has 0 aliphatic carbocycles. The van der Waals surface area contributed by atoms with Crippen molar-refractivity contribution in [1.82, 2.24) is 10.6 Å². The van der Waals surface area contributed by atoms with Gasteiger partial charge in [-0.15, -0.1) is 0 Å². The minimum atomic E-state index is -0.883. The number of carboxylic acid groups (broad SMARTS) is 1. The summed E-state index contributed by atoms with van der Waals surface area (Å²) in [5.74, 6) is -0.883. The molecule has 11 heteroatoms. The largest absolute Gasteiger partial charge is 0.481 e. The standard InChI is InChI=1S/C13H18N2O2S.C13H19NO4S/c1-13(2,3)17-12(16)15-11(5-4-7-14)10-6-8-18-9-10;1-13(2,3)18-12(17)14-10(4-5-11(15)16)9-6-7-19-8-9/h6,8-9,11H,4-5H2,1-3H3,(H,15,16);6-8,10H,4-5H2,1-3H3,(H,14,17)(H,15,16). The van der Waals surface area contributed by atoms with Crippen molar-refractivity contribution in [3.05, 3.63) is 44.8 Å². The lowest BCUT2D eigenvalue weighted by Crippen LogP contribution is -2.35. The number of carbonyl (C=O) groups excluding carboxylic acids is 2. The minimum Gasteiger partial charge on any atom is -0.481 e. The van der Waals surface area contributed by atoms with Gasteiger partial charge in [0.25, 0.3) is 0 Å². The maximum atomic E-state index is 11.7. The van der Waals surface area contributed by atoms with Crippen LogP contribution in [0.15, 0.2) is 33.7 Å². The molecule has 3 N–H and O–H groups in total. The van der Waals surface area contributed by atoms with Crippen molar-refractivity contribution < 1.29 is 29.0 Å². The number of carbonyl (C=O) groups is 3. The molecule has 0 saturated carbocycles. The molecule has 37 heavy (non-hydrogen) atoms. The molecule has 2 aromatic heterocycles. The highest BCUT2D eigenvalue weighted by Gasteiger charge is 2.22. The van der Waals surface area contributed by atoms with Crippen LogP contribution in [0.1, 0.15) is 90.4 Å². The average Bonchev–Trinajstić information content (AvgIpc) is 3.46. The summed E-state index contributed by atoms with van der Waals surface area (Å²) in [7, 11) is 0. The summed E-state index contributed by atoms with van der Waals surface area (Å²) < 4.78 is 10.4. The van der Waals surface area contributed by atoms with E-state index in [-0.39, 0.29) is 18.5 Å². The molecule has 2 aromatic rings. The molecule has 2 amide bonds. The number of hydrogen-bond donors (Lipinski definition) is 3. The topological polar surface area (TPSA) is 138 Å². The quantitative estimate of drug-likeness (QED) is 0.312. The SMILES string of the molecule is CC(C)(C)OC(=O)NC(CCC#N)c1ccsc1.CC(C)(C)OC(=O)NC(CCC(=O)O)c1ccsc1. The highest BCUT2D eigenvalue weighted by atomic mass is 32.1. The van der Waals surface area contributed by atoms with Gasteiger partial charge in [-0.3, -0.25) is 4.79 Å². The van der Waals surface area contributed by atoms with Crippen molar-refractivity contribution >= 4 is 40.8 Å². The van der Waals surface area contributed by atoms with Gasteiger partial charge in [-0.2, -0.15) is 27.9 Å². The van der Waals surface area contributed by atoms with E-state index in [0.29, 0.717) is 19.3 Å². The second-order valence-electron chi connectivity index (χ2n) is 10.1. The number of hydrogen-bond acceptors (Lipinski definition) is 8. The van der Waals surface area contributed by atoms with E-state index in [1.54, 1.807) is 32.1 Å². The number of alkyl carbamates (subject to hydrolysis) is 2. The summed E-state index contributed by atoms with van der Waals surface area (Å²) >= 11 is 3.07. The van der Waals surface area contributed by atoms with Gasteiger partial charge in [-0.1, -0.05) is 0 Å². The lowest BCUT2D eigenvalue weighted by atomic mass is 10.1. The molecule has 2 atom stereocenters. The fraction of sp³-hybridized carbons (Fsp3) is 0.538. The third kappa shape index (κ3) is 14.9. The average molecular weight is 552 g/mol. The summed E-state index contributed by atoms with van der Waals surface area (Å²) in [4.78, 5) is 34.1. The molecule has 0 saturated heterocycles. The highest BCUT2D eigenvalue weighted by molar-refractivity contribution is 7.08. The molecule has 204 valence electrons. The summed E-state index contributed by atoms with van der Waals surface area (Å²) in [6.45, 7) is 10.8. The van der Waals surface area contributed by atoms with Crippen molar-refractivity contribution in [2.75, 3.05) is 0 Å². The Morgan fingerprint density at radius 3 is 1.65 bits per heavy atom. The van der Waals surface area contributed by atoms with E-state index in [1.165, 1.54) is 11.3 Å². The van der Waals surface area contributed by atoms with Crippen molar-refractivity contribution in [2.45, 2.75) is 90.5 Å². The molecule has 9 nitrogen and oxygen atoms in total. The van der Waals surface area contributed by atoms with Crippen LogP contribution in [0, 0.1) is 11.3 Å². The third-order valence-electron chi connectivity index (χ3n) is 4.46. The van der Waals surface area contributed by atoms with Gasteiger partial charge >= 0.3 is 18.2 Å². The summed E-state index contributed by atoms with van der Waals surface area (Å²) in [5.41, 5.74) is 0.826. The van der Waals surface area contributed by atoms with Crippen LogP contribution in [0.5, 0.6) is 0 Å². The van der Waals surface area contributed by atoms with Crippen LogP contribution < -0.4 is 10.6 Å². The number of carboxylic acids is 1. The Morgan fingerprint density at radius 2 is 1.32 bits per heavy atom. The summed E-state index contributed by atoms with van der Waals surface area (Å²) in [5, 5.41) is 30.6. The van der Waals surface area contributed by atoms with Crippen molar-refractivity contribution in [2.24, 2.45) is 0 Å². The van der Waals surface area contributed by atoms with Crippen molar-refractivity contribution in [1.29, 1.82) is 5.26 Å². The molecular weight excluding hydrogens is 514 g/mol. The van der Waals surface area contributed by atoms with E-state index < -0.39 is 29.4 Å².